The number of nitrogens with zero attached hydrogens (tertiary/aromatic N) is 4. The van der Waals surface area contributed by atoms with Crippen molar-refractivity contribution < 1.29 is 23.6 Å². The van der Waals surface area contributed by atoms with Gasteiger partial charge in [-0.2, -0.15) is 9.78 Å². The topological polar surface area (TPSA) is 131 Å². The van der Waals surface area contributed by atoms with Crippen molar-refractivity contribution in [1.82, 2.24) is 9.66 Å². The second kappa shape index (κ2) is 10.2. The van der Waals surface area contributed by atoms with Gasteiger partial charge in [0.1, 0.15) is 12.2 Å². The van der Waals surface area contributed by atoms with Crippen molar-refractivity contribution in [1.29, 1.82) is 0 Å². The molecule has 4 aromatic carbocycles. The summed E-state index contributed by atoms with van der Waals surface area (Å²) in [6.07, 6.45) is 1.36. The van der Waals surface area contributed by atoms with Gasteiger partial charge in [0, 0.05) is 17.0 Å². The van der Waals surface area contributed by atoms with Gasteiger partial charge in [0.2, 0.25) is 12.6 Å². The van der Waals surface area contributed by atoms with Crippen LogP contribution in [0.1, 0.15) is 11.1 Å². The van der Waals surface area contributed by atoms with Crippen LogP contribution in [-0.2, 0) is 6.61 Å². The van der Waals surface area contributed by atoms with Crippen molar-refractivity contribution in [2.75, 3.05) is 6.79 Å². The number of fused-ring (bicyclic) bond motifs is 3. The SMILES string of the molecule is O=c1c2ccccc2nc(-c2cc3ccccc3o2)n1N=Cc1ccc(OCc2ccc3c(c2)OCO3)c([N+](=O)[O-])c1. The van der Waals surface area contributed by atoms with Crippen LogP contribution in [0.2, 0.25) is 0 Å². The molecule has 2 aromatic heterocycles. The molecule has 6 aromatic rings. The summed E-state index contributed by atoms with van der Waals surface area (Å²) in [5.74, 6) is 1.87. The van der Waals surface area contributed by atoms with E-state index in [0.29, 0.717) is 39.3 Å². The van der Waals surface area contributed by atoms with Gasteiger partial charge >= 0.3 is 5.69 Å². The lowest BCUT2D eigenvalue weighted by molar-refractivity contribution is -0.385. The number of ether oxygens (including phenoxy) is 3. The van der Waals surface area contributed by atoms with E-state index in [1.807, 2.05) is 24.3 Å². The molecule has 0 spiro atoms. The van der Waals surface area contributed by atoms with Gasteiger partial charge in [-0.3, -0.25) is 14.9 Å². The average Bonchev–Trinajstić information content (AvgIpc) is 3.66. The molecule has 3 heterocycles. The fourth-order valence-electron chi connectivity index (χ4n) is 4.68. The highest BCUT2D eigenvalue weighted by molar-refractivity contribution is 5.85. The van der Waals surface area contributed by atoms with E-state index in [0.717, 1.165) is 15.6 Å². The van der Waals surface area contributed by atoms with Crippen molar-refractivity contribution in [3.8, 4) is 28.8 Å². The summed E-state index contributed by atoms with van der Waals surface area (Å²) >= 11 is 0. The molecular weight excluding hydrogens is 540 g/mol. The Kier molecular flexibility index (Phi) is 6.08. The minimum atomic E-state index is -0.532. The van der Waals surface area contributed by atoms with Crippen LogP contribution in [0.15, 0.2) is 105 Å². The largest absolute Gasteiger partial charge is 0.482 e. The van der Waals surface area contributed by atoms with Crippen molar-refractivity contribution in [2.45, 2.75) is 6.61 Å². The molecule has 0 N–H and O–H groups in total. The zero-order valence-electron chi connectivity index (χ0n) is 21.8. The van der Waals surface area contributed by atoms with Crippen LogP contribution < -0.4 is 19.8 Å². The van der Waals surface area contributed by atoms with E-state index in [2.05, 4.69) is 10.1 Å². The Hall–Kier alpha value is -5.97. The fraction of sp³-hybridized carbons (Fsp3) is 0.0645. The number of rotatable bonds is 7. The summed E-state index contributed by atoms with van der Waals surface area (Å²) < 4.78 is 23.6. The molecule has 0 atom stereocenters. The third kappa shape index (κ3) is 4.58. The summed E-state index contributed by atoms with van der Waals surface area (Å²) in [6, 6.07) is 25.9. The highest BCUT2D eigenvalue weighted by Gasteiger charge is 2.19. The van der Waals surface area contributed by atoms with Crippen molar-refractivity contribution in [3.05, 3.63) is 123 Å². The van der Waals surface area contributed by atoms with Crippen LogP contribution >= 0.6 is 0 Å². The quantitative estimate of drug-likeness (QED) is 0.134. The minimum Gasteiger partial charge on any atom is -0.482 e. The van der Waals surface area contributed by atoms with Gasteiger partial charge in [-0.1, -0.05) is 36.4 Å². The van der Waals surface area contributed by atoms with E-state index in [9.17, 15) is 14.9 Å². The molecule has 42 heavy (non-hydrogen) atoms. The first-order chi connectivity index (χ1) is 20.5. The van der Waals surface area contributed by atoms with Crippen LogP contribution in [0, 0.1) is 10.1 Å². The van der Waals surface area contributed by atoms with Gasteiger partial charge in [0.05, 0.1) is 22.0 Å². The first kappa shape index (κ1) is 25.0. The molecule has 1 aliphatic heterocycles. The predicted octanol–water partition coefficient (Wildman–Crippen LogP) is 5.91. The van der Waals surface area contributed by atoms with Crippen LogP contribution in [0.25, 0.3) is 33.5 Å². The molecule has 0 aliphatic carbocycles. The van der Waals surface area contributed by atoms with Crippen LogP contribution in [0.5, 0.6) is 17.2 Å². The number of hydrogen-bond acceptors (Lipinski definition) is 9. The lowest BCUT2D eigenvalue weighted by atomic mass is 10.2. The van der Waals surface area contributed by atoms with Crippen LogP contribution in [0.3, 0.4) is 0 Å². The van der Waals surface area contributed by atoms with E-state index in [1.165, 1.54) is 18.3 Å². The van der Waals surface area contributed by atoms with Gasteiger partial charge < -0.3 is 18.6 Å². The highest BCUT2D eigenvalue weighted by Crippen LogP contribution is 2.34. The molecule has 0 amide bonds. The van der Waals surface area contributed by atoms with E-state index in [1.54, 1.807) is 54.6 Å². The number of nitro groups is 1. The second-order valence-corrected chi connectivity index (χ2v) is 9.42. The number of furan rings is 1. The maximum Gasteiger partial charge on any atom is 0.311 e. The van der Waals surface area contributed by atoms with E-state index in [4.69, 9.17) is 18.6 Å². The summed E-state index contributed by atoms with van der Waals surface area (Å²) in [4.78, 5) is 29.5. The Bertz CT molecular complexity index is 2060. The van der Waals surface area contributed by atoms with Crippen molar-refractivity contribution in [3.63, 3.8) is 0 Å². The maximum atomic E-state index is 13.5. The lowest BCUT2D eigenvalue weighted by Gasteiger charge is -2.09. The molecular formula is C31H20N4O7. The molecule has 1 aliphatic rings. The summed E-state index contributed by atoms with van der Waals surface area (Å²) in [5.41, 5.74) is 1.61. The molecule has 0 unspecified atom stereocenters. The van der Waals surface area contributed by atoms with E-state index >= 15 is 0 Å². The monoisotopic (exact) mass is 560 g/mol. The smallest absolute Gasteiger partial charge is 0.311 e. The molecule has 7 rings (SSSR count). The summed E-state index contributed by atoms with van der Waals surface area (Å²) in [5, 5.41) is 17.5. The third-order valence-corrected chi connectivity index (χ3v) is 6.73. The predicted molar refractivity (Wildman–Crippen MR) is 154 cm³/mol. The number of para-hydroxylation sites is 2. The zero-order chi connectivity index (χ0) is 28.6. The molecule has 0 radical (unpaired) electrons. The Morgan fingerprint density at radius 3 is 2.69 bits per heavy atom. The normalized spacial score (nSPS) is 12.4. The molecule has 11 nitrogen and oxygen atoms in total. The first-order valence-electron chi connectivity index (χ1n) is 12.9. The summed E-state index contributed by atoms with van der Waals surface area (Å²) in [6.45, 7) is 0.235. The van der Waals surface area contributed by atoms with Gasteiger partial charge in [0.15, 0.2) is 23.0 Å². The van der Waals surface area contributed by atoms with Gasteiger partial charge in [0.25, 0.3) is 5.56 Å². The molecule has 0 saturated heterocycles. The van der Waals surface area contributed by atoms with Gasteiger partial charge in [-0.25, -0.2) is 4.98 Å². The van der Waals surface area contributed by atoms with Crippen LogP contribution in [0.4, 0.5) is 5.69 Å². The maximum absolute atomic E-state index is 13.5. The Labute approximate surface area is 237 Å². The molecule has 0 bridgehead atoms. The lowest BCUT2D eigenvalue weighted by Crippen LogP contribution is -2.20. The van der Waals surface area contributed by atoms with E-state index < -0.39 is 10.5 Å². The Morgan fingerprint density at radius 2 is 1.81 bits per heavy atom. The van der Waals surface area contributed by atoms with Crippen molar-refractivity contribution in [2.24, 2.45) is 5.10 Å². The number of aromatic nitrogens is 2. The zero-order valence-corrected chi connectivity index (χ0v) is 21.8. The Balaban J connectivity index is 1.23. The average molecular weight is 561 g/mol. The van der Waals surface area contributed by atoms with Gasteiger partial charge in [-0.15, -0.1) is 0 Å². The molecule has 11 heteroatoms. The van der Waals surface area contributed by atoms with Gasteiger partial charge in [-0.05, 0) is 54.1 Å². The standard InChI is InChI=1S/C31H20N4O7/c36-31-22-6-2-3-7-23(22)33-30(29-15-21-5-1-4-8-25(21)42-29)34(31)32-16-19-9-11-26(24(13-19)35(37)38)39-17-20-10-12-27-28(14-20)41-18-40-27/h1-16H,17-18H2. The molecule has 206 valence electrons. The number of nitro benzene ring substituents is 1. The third-order valence-electron chi connectivity index (χ3n) is 6.73. The van der Waals surface area contributed by atoms with Crippen LogP contribution in [-0.4, -0.2) is 27.6 Å². The molecule has 0 saturated carbocycles. The minimum absolute atomic E-state index is 0.0855. The Morgan fingerprint density at radius 1 is 0.976 bits per heavy atom. The fourth-order valence-corrected chi connectivity index (χ4v) is 4.68. The number of hydrogen-bond donors (Lipinski definition) is 0. The number of benzene rings is 4. The second-order valence-electron chi connectivity index (χ2n) is 9.42. The van der Waals surface area contributed by atoms with E-state index in [-0.39, 0.29) is 30.7 Å². The highest BCUT2D eigenvalue weighted by atomic mass is 16.7. The molecule has 0 fully saturated rings. The summed E-state index contributed by atoms with van der Waals surface area (Å²) in [7, 11) is 0. The first-order valence-corrected chi connectivity index (χ1v) is 12.9. The van der Waals surface area contributed by atoms with Crippen molar-refractivity contribution >= 4 is 33.8 Å².